The molecule has 72 valence electrons. The summed E-state index contributed by atoms with van der Waals surface area (Å²) in [5.74, 6) is 0. The van der Waals surface area contributed by atoms with Crippen LogP contribution in [0.25, 0.3) is 0 Å². The standard InChI is InChI=1S/C10H22N2/c11-7-3-1-4-8-12-9-5-2-6-10-12/h1-11H2. The molecule has 0 saturated carbocycles. The summed E-state index contributed by atoms with van der Waals surface area (Å²) in [4.78, 5) is 2.60. The number of rotatable bonds is 5. The van der Waals surface area contributed by atoms with E-state index in [1.165, 1.54) is 58.2 Å². The number of piperidine rings is 1. The van der Waals surface area contributed by atoms with E-state index in [0.717, 1.165) is 6.54 Å². The van der Waals surface area contributed by atoms with Crippen LogP contribution in [0.3, 0.4) is 0 Å². The van der Waals surface area contributed by atoms with Crippen LogP contribution in [0, 0.1) is 0 Å². The highest BCUT2D eigenvalue weighted by molar-refractivity contribution is 4.64. The molecule has 0 bridgehead atoms. The third kappa shape index (κ3) is 4.07. The molecule has 0 amide bonds. The zero-order valence-electron chi connectivity index (χ0n) is 8.10. The van der Waals surface area contributed by atoms with Gasteiger partial charge in [0.25, 0.3) is 0 Å². The maximum atomic E-state index is 5.43. The van der Waals surface area contributed by atoms with Gasteiger partial charge >= 0.3 is 0 Å². The van der Waals surface area contributed by atoms with Crippen molar-refractivity contribution in [1.29, 1.82) is 0 Å². The summed E-state index contributed by atoms with van der Waals surface area (Å²) < 4.78 is 0. The minimum Gasteiger partial charge on any atom is -0.330 e. The average molecular weight is 170 g/mol. The van der Waals surface area contributed by atoms with Gasteiger partial charge in [-0.2, -0.15) is 0 Å². The van der Waals surface area contributed by atoms with Crippen molar-refractivity contribution in [3.05, 3.63) is 0 Å². The van der Waals surface area contributed by atoms with Crippen molar-refractivity contribution in [2.45, 2.75) is 38.5 Å². The minimum atomic E-state index is 0.861. The fourth-order valence-corrected chi connectivity index (χ4v) is 1.84. The van der Waals surface area contributed by atoms with Crippen LogP contribution in [0.1, 0.15) is 38.5 Å². The quantitative estimate of drug-likeness (QED) is 0.635. The molecule has 0 atom stereocenters. The van der Waals surface area contributed by atoms with E-state index in [1.54, 1.807) is 0 Å². The van der Waals surface area contributed by atoms with Crippen molar-refractivity contribution in [2.24, 2.45) is 5.73 Å². The lowest BCUT2D eigenvalue weighted by Crippen LogP contribution is -2.30. The van der Waals surface area contributed by atoms with E-state index >= 15 is 0 Å². The van der Waals surface area contributed by atoms with Gasteiger partial charge < -0.3 is 10.6 Å². The number of hydrogen-bond acceptors (Lipinski definition) is 2. The molecule has 2 nitrogen and oxygen atoms in total. The Morgan fingerprint density at radius 3 is 2.33 bits per heavy atom. The number of hydrogen-bond donors (Lipinski definition) is 1. The normalized spacial score (nSPS) is 19.8. The van der Waals surface area contributed by atoms with Gasteiger partial charge in [0.1, 0.15) is 0 Å². The van der Waals surface area contributed by atoms with Crippen LogP contribution in [0.15, 0.2) is 0 Å². The Kier molecular flexibility index (Phi) is 5.37. The molecule has 0 radical (unpaired) electrons. The molecule has 1 fully saturated rings. The van der Waals surface area contributed by atoms with Crippen LogP contribution in [0.5, 0.6) is 0 Å². The summed E-state index contributed by atoms with van der Waals surface area (Å²) in [5.41, 5.74) is 5.43. The van der Waals surface area contributed by atoms with E-state index in [9.17, 15) is 0 Å². The lowest BCUT2D eigenvalue weighted by atomic mass is 10.1. The fourth-order valence-electron chi connectivity index (χ4n) is 1.84. The Bertz CT molecular complexity index is 98.0. The first-order chi connectivity index (χ1) is 5.93. The summed E-state index contributed by atoms with van der Waals surface area (Å²) >= 11 is 0. The van der Waals surface area contributed by atoms with Crippen LogP contribution in [0.2, 0.25) is 0 Å². The van der Waals surface area contributed by atoms with E-state index in [0.29, 0.717) is 0 Å². The third-order valence-electron chi connectivity index (χ3n) is 2.63. The molecule has 0 aliphatic carbocycles. The first kappa shape index (κ1) is 10.0. The number of nitrogens with zero attached hydrogens (tertiary/aromatic N) is 1. The summed E-state index contributed by atoms with van der Waals surface area (Å²) in [7, 11) is 0. The van der Waals surface area contributed by atoms with Crippen molar-refractivity contribution in [2.75, 3.05) is 26.2 Å². The zero-order chi connectivity index (χ0) is 8.65. The molecule has 0 aromatic rings. The van der Waals surface area contributed by atoms with Crippen molar-refractivity contribution in [3.63, 3.8) is 0 Å². The Morgan fingerprint density at radius 1 is 0.917 bits per heavy atom. The molecule has 0 aromatic heterocycles. The van der Waals surface area contributed by atoms with Crippen LogP contribution in [-0.2, 0) is 0 Å². The van der Waals surface area contributed by atoms with Gasteiger partial charge in [-0.05, 0) is 51.9 Å². The molecule has 1 saturated heterocycles. The number of unbranched alkanes of at least 4 members (excludes halogenated alkanes) is 2. The molecule has 1 heterocycles. The zero-order valence-corrected chi connectivity index (χ0v) is 8.10. The van der Waals surface area contributed by atoms with E-state index < -0.39 is 0 Å². The van der Waals surface area contributed by atoms with Crippen molar-refractivity contribution in [3.8, 4) is 0 Å². The van der Waals surface area contributed by atoms with E-state index in [2.05, 4.69) is 4.90 Å². The van der Waals surface area contributed by atoms with Crippen LogP contribution in [0.4, 0.5) is 0 Å². The monoisotopic (exact) mass is 170 g/mol. The molecule has 1 rings (SSSR count). The largest absolute Gasteiger partial charge is 0.330 e. The van der Waals surface area contributed by atoms with Crippen molar-refractivity contribution in [1.82, 2.24) is 4.90 Å². The summed E-state index contributed by atoms with van der Waals surface area (Å²) in [6, 6.07) is 0. The molecule has 1 aliphatic heterocycles. The molecule has 2 heteroatoms. The smallest absolute Gasteiger partial charge is 0.00187 e. The highest BCUT2D eigenvalue weighted by Gasteiger charge is 2.08. The minimum absolute atomic E-state index is 0.861. The van der Waals surface area contributed by atoms with Gasteiger partial charge in [-0.1, -0.05) is 12.8 Å². The molecule has 12 heavy (non-hydrogen) atoms. The summed E-state index contributed by atoms with van der Waals surface area (Å²) in [6.45, 7) is 4.84. The topological polar surface area (TPSA) is 29.3 Å². The molecule has 2 N–H and O–H groups in total. The first-order valence-corrected chi connectivity index (χ1v) is 5.36. The summed E-state index contributed by atoms with van der Waals surface area (Å²) in [6.07, 6.45) is 8.13. The Labute approximate surface area is 76.1 Å². The van der Waals surface area contributed by atoms with E-state index in [4.69, 9.17) is 5.73 Å². The summed E-state index contributed by atoms with van der Waals surface area (Å²) in [5, 5.41) is 0. The predicted octanol–water partition coefficient (Wildman–Crippen LogP) is 1.60. The van der Waals surface area contributed by atoms with Gasteiger partial charge in [0, 0.05) is 0 Å². The van der Waals surface area contributed by atoms with Crippen LogP contribution >= 0.6 is 0 Å². The van der Waals surface area contributed by atoms with Crippen LogP contribution in [-0.4, -0.2) is 31.1 Å². The highest BCUT2D eigenvalue weighted by Crippen LogP contribution is 2.09. The second kappa shape index (κ2) is 6.44. The highest BCUT2D eigenvalue weighted by atomic mass is 15.1. The maximum absolute atomic E-state index is 5.43. The lowest BCUT2D eigenvalue weighted by molar-refractivity contribution is 0.224. The van der Waals surface area contributed by atoms with Gasteiger partial charge in [0.2, 0.25) is 0 Å². The van der Waals surface area contributed by atoms with Gasteiger partial charge in [0.05, 0.1) is 0 Å². The van der Waals surface area contributed by atoms with E-state index in [1.807, 2.05) is 0 Å². The van der Waals surface area contributed by atoms with Gasteiger partial charge in [-0.25, -0.2) is 0 Å². The second-order valence-corrected chi connectivity index (χ2v) is 3.75. The van der Waals surface area contributed by atoms with Gasteiger partial charge in [-0.3, -0.25) is 0 Å². The number of likely N-dealkylation sites (tertiary alicyclic amines) is 1. The average Bonchev–Trinajstić information content (AvgIpc) is 2.14. The molecule has 0 aromatic carbocycles. The predicted molar refractivity (Wildman–Crippen MR) is 53.2 cm³/mol. The molecule has 1 aliphatic rings. The van der Waals surface area contributed by atoms with E-state index in [-0.39, 0.29) is 0 Å². The fraction of sp³-hybridized carbons (Fsp3) is 1.00. The van der Waals surface area contributed by atoms with Crippen LogP contribution < -0.4 is 5.73 Å². The first-order valence-electron chi connectivity index (χ1n) is 5.36. The van der Waals surface area contributed by atoms with Crippen molar-refractivity contribution >= 4 is 0 Å². The lowest BCUT2D eigenvalue weighted by Gasteiger charge is -2.26. The number of nitrogens with two attached hydrogens (primary N) is 1. The molecule has 0 spiro atoms. The van der Waals surface area contributed by atoms with Gasteiger partial charge in [-0.15, -0.1) is 0 Å². The molecular formula is C10H22N2. The third-order valence-corrected chi connectivity index (χ3v) is 2.63. The SMILES string of the molecule is NCCCCCN1CCCCC1. The Hall–Kier alpha value is -0.0800. The second-order valence-electron chi connectivity index (χ2n) is 3.75. The van der Waals surface area contributed by atoms with Crippen molar-refractivity contribution < 1.29 is 0 Å². The Balaban J connectivity index is 1.91. The Morgan fingerprint density at radius 2 is 1.67 bits per heavy atom. The molecule has 0 unspecified atom stereocenters. The maximum Gasteiger partial charge on any atom is -0.00187 e. The molecular weight excluding hydrogens is 148 g/mol. The van der Waals surface area contributed by atoms with Gasteiger partial charge in [0.15, 0.2) is 0 Å².